The van der Waals surface area contributed by atoms with E-state index in [0.717, 1.165) is 4.31 Å². The van der Waals surface area contributed by atoms with Crippen LogP contribution in [0, 0.1) is 0 Å². The molecular formula is C22H19Cl2N3O4S. The van der Waals surface area contributed by atoms with Crippen LogP contribution in [0.25, 0.3) is 0 Å². The van der Waals surface area contributed by atoms with Gasteiger partial charge in [0, 0.05) is 35.9 Å². The Morgan fingerprint density at radius 2 is 1.41 bits per heavy atom. The minimum absolute atomic E-state index is 0.0120. The van der Waals surface area contributed by atoms with Crippen molar-refractivity contribution in [2.45, 2.75) is 11.8 Å². The number of hydrogen-bond donors (Lipinski definition) is 2. The second-order valence-corrected chi connectivity index (χ2v) is 9.59. The molecule has 3 aromatic carbocycles. The number of carbonyl (C=O) groups is 2. The van der Waals surface area contributed by atoms with Gasteiger partial charge in [-0.2, -0.15) is 0 Å². The van der Waals surface area contributed by atoms with E-state index in [1.165, 1.54) is 32.2 Å². The topological polar surface area (TPSA) is 95.6 Å². The van der Waals surface area contributed by atoms with E-state index in [4.69, 9.17) is 23.2 Å². The van der Waals surface area contributed by atoms with E-state index in [2.05, 4.69) is 10.6 Å². The lowest BCUT2D eigenvalue weighted by atomic mass is 10.2. The fourth-order valence-electron chi connectivity index (χ4n) is 2.82. The van der Waals surface area contributed by atoms with Gasteiger partial charge in [0.15, 0.2) is 0 Å². The predicted octanol–water partition coefficient (Wildman–Crippen LogP) is 5.03. The van der Waals surface area contributed by atoms with Gasteiger partial charge in [0.2, 0.25) is 5.91 Å². The standard InChI is InChI=1S/C22H19Cl2N3O4S/c1-14(28)25-17-6-8-18(9-7-17)26-22(29)15-3-12-20(24)21(13-15)32(30,31)27(2)19-10-4-16(23)5-11-19/h3-13H,1-2H3,(H,25,28)(H,26,29). The van der Waals surface area contributed by atoms with Crippen molar-refractivity contribution in [3.63, 3.8) is 0 Å². The summed E-state index contributed by atoms with van der Waals surface area (Å²) in [5.41, 5.74) is 1.56. The Morgan fingerprint density at radius 1 is 0.844 bits per heavy atom. The van der Waals surface area contributed by atoms with Crippen molar-refractivity contribution < 1.29 is 18.0 Å². The van der Waals surface area contributed by atoms with E-state index in [1.54, 1.807) is 48.5 Å². The van der Waals surface area contributed by atoms with Crippen LogP contribution in [0.1, 0.15) is 17.3 Å². The SMILES string of the molecule is CC(=O)Nc1ccc(NC(=O)c2ccc(Cl)c(S(=O)(=O)N(C)c3ccc(Cl)cc3)c2)cc1. The van der Waals surface area contributed by atoms with E-state index in [0.29, 0.717) is 22.1 Å². The fourth-order valence-corrected chi connectivity index (χ4v) is 4.64. The number of halogens is 2. The van der Waals surface area contributed by atoms with E-state index in [9.17, 15) is 18.0 Å². The number of benzene rings is 3. The average Bonchev–Trinajstić information content (AvgIpc) is 2.75. The summed E-state index contributed by atoms with van der Waals surface area (Å²) in [4.78, 5) is 23.6. The average molecular weight is 492 g/mol. The summed E-state index contributed by atoms with van der Waals surface area (Å²) >= 11 is 12.0. The van der Waals surface area contributed by atoms with Gasteiger partial charge in [0.05, 0.1) is 10.7 Å². The summed E-state index contributed by atoms with van der Waals surface area (Å²) < 4.78 is 27.3. The first-order valence-corrected chi connectivity index (χ1v) is 11.5. The molecule has 0 spiro atoms. The molecule has 0 aliphatic carbocycles. The first-order chi connectivity index (χ1) is 15.1. The Labute approximate surface area is 196 Å². The van der Waals surface area contributed by atoms with Crippen molar-refractivity contribution in [1.29, 1.82) is 0 Å². The molecule has 0 aliphatic heterocycles. The number of carbonyl (C=O) groups excluding carboxylic acids is 2. The Balaban J connectivity index is 1.85. The minimum atomic E-state index is -4.04. The van der Waals surface area contributed by atoms with Gasteiger partial charge in [-0.15, -0.1) is 0 Å². The molecule has 32 heavy (non-hydrogen) atoms. The van der Waals surface area contributed by atoms with Gasteiger partial charge < -0.3 is 10.6 Å². The van der Waals surface area contributed by atoms with Crippen molar-refractivity contribution in [2.75, 3.05) is 22.0 Å². The maximum absolute atomic E-state index is 13.1. The van der Waals surface area contributed by atoms with Gasteiger partial charge >= 0.3 is 0 Å². The second kappa shape index (κ2) is 9.60. The predicted molar refractivity (Wildman–Crippen MR) is 127 cm³/mol. The number of nitrogens with one attached hydrogen (secondary N) is 2. The molecule has 2 amide bonds. The molecular weight excluding hydrogens is 473 g/mol. The molecule has 2 N–H and O–H groups in total. The number of sulfonamides is 1. The summed E-state index contributed by atoms with van der Waals surface area (Å²) in [5, 5.41) is 5.78. The molecule has 166 valence electrons. The highest BCUT2D eigenvalue weighted by atomic mass is 35.5. The van der Waals surface area contributed by atoms with E-state index in [-0.39, 0.29) is 21.4 Å². The first kappa shape index (κ1) is 23.6. The van der Waals surface area contributed by atoms with Crippen molar-refractivity contribution in [2.24, 2.45) is 0 Å². The van der Waals surface area contributed by atoms with Crippen molar-refractivity contribution in [3.05, 3.63) is 82.3 Å². The molecule has 7 nitrogen and oxygen atoms in total. The quantitative estimate of drug-likeness (QED) is 0.505. The Hall–Kier alpha value is -3.07. The summed E-state index contributed by atoms with van der Waals surface area (Å²) in [6.07, 6.45) is 0. The largest absolute Gasteiger partial charge is 0.326 e. The van der Waals surface area contributed by atoms with Crippen LogP contribution in [0.15, 0.2) is 71.6 Å². The molecule has 0 unspecified atom stereocenters. The third kappa shape index (κ3) is 5.40. The lowest BCUT2D eigenvalue weighted by molar-refractivity contribution is -0.114. The maximum Gasteiger partial charge on any atom is 0.265 e. The lowest BCUT2D eigenvalue weighted by Crippen LogP contribution is -2.27. The molecule has 0 atom stereocenters. The van der Waals surface area contributed by atoms with Gasteiger partial charge in [-0.3, -0.25) is 13.9 Å². The van der Waals surface area contributed by atoms with Crippen molar-refractivity contribution in [3.8, 4) is 0 Å². The van der Waals surface area contributed by atoms with Crippen LogP contribution >= 0.6 is 23.2 Å². The van der Waals surface area contributed by atoms with Crippen LogP contribution in [0.3, 0.4) is 0 Å². The van der Waals surface area contributed by atoms with Crippen LogP contribution in [-0.2, 0) is 14.8 Å². The summed E-state index contributed by atoms with van der Waals surface area (Å²) in [5.74, 6) is -0.722. The van der Waals surface area contributed by atoms with Gasteiger partial charge in [-0.1, -0.05) is 23.2 Å². The zero-order chi connectivity index (χ0) is 23.5. The fraction of sp³-hybridized carbons (Fsp3) is 0.0909. The number of nitrogens with zero attached hydrogens (tertiary/aromatic N) is 1. The second-order valence-electron chi connectivity index (χ2n) is 6.81. The van der Waals surface area contributed by atoms with Crippen LogP contribution in [-0.4, -0.2) is 27.3 Å². The molecule has 0 aliphatic rings. The Kier molecular flexibility index (Phi) is 7.08. The first-order valence-electron chi connectivity index (χ1n) is 9.31. The normalized spacial score (nSPS) is 11.0. The highest BCUT2D eigenvalue weighted by molar-refractivity contribution is 7.93. The third-order valence-corrected chi connectivity index (χ3v) is 7.00. The number of amides is 2. The number of anilines is 3. The van der Waals surface area contributed by atoms with Crippen LogP contribution in [0.2, 0.25) is 10.0 Å². The summed E-state index contributed by atoms with van der Waals surface area (Å²) in [7, 11) is -2.66. The summed E-state index contributed by atoms with van der Waals surface area (Å²) in [6.45, 7) is 1.40. The van der Waals surface area contributed by atoms with E-state index < -0.39 is 15.9 Å². The Morgan fingerprint density at radius 3 is 1.97 bits per heavy atom. The molecule has 3 aromatic rings. The molecule has 3 rings (SSSR count). The number of hydrogen-bond acceptors (Lipinski definition) is 4. The summed E-state index contributed by atoms with van der Waals surface area (Å²) in [6, 6.07) is 16.8. The smallest absolute Gasteiger partial charge is 0.265 e. The van der Waals surface area contributed by atoms with Gasteiger partial charge in [0.1, 0.15) is 4.90 Å². The molecule has 0 saturated carbocycles. The van der Waals surface area contributed by atoms with Gasteiger partial charge in [-0.25, -0.2) is 8.42 Å². The van der Waals surface area contributed by atoms with Gasteiger partial charge in [0.25, 0.3) is 15.9 Å². The minimum Gasteiger partial charge on any atom is -0.326 e. The highest BCUT2D eigenvalue weighted by Gasteiger charge is 2.25. The van der Waals surface area contributed by atoms with Crippen molar-refractivity contribution >= 4 is 62.1 Å². The molecule has 0 aromatic heterocycles. The van der Waals surface area contributed by atoms with Crippen LogP contribution in [0.4, 0.5) is 17.1 Å². The zero-order valence-corrected chi connectivity index (χ0v) is 19.4. The third-order valence-electron chi connectivity index (χ3n) is 4.49. The maximum atomic E-state index is 13.1. The van der Waals surface area contributed by atoms with E-state index >= 15 is 0 Å². The number of rotatable bonds is 6. The molecule has 0 fully saturated rings. The van der Waals surface area contributed by atoms with Crippen molar-refractivity contribution in [1.82, 2.24) is 0 Å². The zero-order valence-electron chi connectivity index (χ0n) is 17.1. The molecule has 0 heterocycles. The molecule has 10 heteroatoms. The van der Waals surface area contributed by atoms with Crippen LogP contribution < -0.4 is 14.9 Å². The lowest BCUT2D eigenvalue weighted by Gasteiger charge is -2.20. The molecule has 0 radical (unpaired) electrons. The monoisotopic (exact) mass is 491 g/mol. The van der Waals surface area contributed by atoms with Crippen LogP contribution in [0.5, 0.6) is 0 Å². The Bertz CT molecular complexity index is 1260. The highest BCUT2D eigenvalue weighted by Crippen LogP contribution is 2.29. The van der Waals surface area contributed by atoms with E-state index in [1.807, 2.05) is 0 Å². The van der Waals surface area contributed by atoms with Gasteiger partial charge in [-0.05, 0) is 66.7 Å². The molecule has 0 bridgehead atoms. The molecule has 0 saturated heterocycles.